The van der Waals surface area contributed by atoms with Crippen molar-refractivity contribution in [2.24, 2.45) is 5.92 Å². The van der Waals surface area contributed by atoms with Gasteiger partial charge in [-0.15, -0.1) is 0 Å². The average molecular weight is 289 g/mol. The van der Waals surface area contributed by atoms with Gasteiger partial charge in [0.2, 0.25) is 0 Å². The summed E-state index contributed by atoms with van der Waals surface area (Å²) in [6, 6.07) is 5.50. The van der Waals surface area contributed by atoms with E-state index < -0.39 is 0 Å². The van der Waals surface area contributed by atoms with E-state index >= 15 is 0 Å². The number of nitrogens with zero attached hydrogens (tertiary/aromatic N) is 3. The monoisotopic (exact) mass is 289 g/mol. The van der Waals surface area contributed by atoms with Crippen molar-refractivity contribution in [3.63, 3.8) is 0 Å². The van der Waals surface area contributed by atoms with E-state index in [0.29, 0.717) is 12.1 Å². The highest BCUT2D eigenvalue weighted by Crippen LogP contribution is 2.27. The van der Waals surface area contributed by atoms with Crippen LogP contribution in [-0.2, 0) is 11.2 Å². The zero-order valence-corrected chi connectivity index (χ0v) is 13.2. The van der Waals surface area contributed by atoms with E-state index in [1.165, 1.54) is 31.5 Å². The molecule has 21 heavy (non-hydrogen) atoms. The molecule has 0 radical (unpaired) electrons. The van der Waals surface area contributed by atoms with E-state index in [1.807, 2.05) is 18.5 Å². The molecule has 0 N–H and O–H groups in total. The van der Waals surface area contributed by atoms with Gasteiger partial charge in [0, 0.05) is 44.2 Å². The molecule has 4 heteroatoms. The summed E-state index contributed by atoms with van der Waals surface area (Å²) in [5.41, 5.74) is 1.35. The van der Waals surface area contributed by atoms with Crippen molar-refractivity contribution in [1.29, 1.82) is 0 Å². The third-order valence-electron chi connectivity index (χ3n) is 4.97. The Balaban J connectivity index is 1.69. The maximum atomic E-state index is 5.55. The predicted molar refractivity (Wildman–Crippen MR) is 84.3 cm³/mol. The van der Waals surface area contributed by atoms with Crippen LogP contribution in [0.3, 0.4) is 0 Å². The predicted octanol–water partition coefficient (Wildman–Crippen LogP) is 1.67. The van der Waals surface area contributed by atoms with Crippen LogP contribution in [0.1, 0.15) is 18.4 Å². The second-order valence-corrected chi connectivity index (χ2v) is 6.68. The third-order valence-corrected chi connectivity index (χ3v) is 4.97. The second kappa shape index (κ2) is 6.86. The van der Waals surface area contributed by atoms with Crippen molar-refractivity contribution in [2.45, 2.75) is 31.3 Å². The zero-order valence-electron chi connectivity index (χ0n) is 13.2. The highest BCUT2D eigenvalue weighted by atomic mass is 16.5. The van der Waals surface area contributed by atoms with Crippen LogP contribution in [0.25, 0.3) is 0 Å². The fraction of sp³-hybridized carbons (Fsp3) is 0.706. The van der Waals surface area contributed by atoms with Gasteiger partial charge in [-0.2, -0.15) is 0 Å². The minimum absolute atomic E-state index is 0.602. The normalized spacial score (nSPS) is 30.3. The summed E-state index contributed by atoms with van der Waals surface area (Å²) in [7, 11) is 4.42. The molecule has 3 rings (SSSR count). The molecule has 4 nitrogen and oxygen atoms in total. The molecule has 0 unspecified atom stereocenters. The maximum Gasteiger partial charge on any atom is 0.0507 e. The third kappa shape index (κ3) is 3.62. The maximum absolute atomic E-state index is 5.55. The van der Waals surface area contributed by atoms with Gasteiger partial charge in [0.15, 0.2) is 0 Å². The van der Waals surface area contributed by atoms with E-state index in [1.54, 1.807) is 0 Å². The number of likely N-dealkylation sites (tertiary alicyclic amines) is 1. The lowest BCUT2D eigenvalue weighted by Crippen LogP contribution is -2.45. The summed E-state index contributed by atoms with van der Waals surface area (Å²) < 4.78 is 5.55. The van der Waals surface area contributed by atoms with Crippen LogP contribution in [0.15, 0.2) is 24.5 Å². The minimum atomic E-state index is 0.602. The minimum Gasteiger partial charge on any atom is -0.381 e. The topological polar surface area (TPSA) is 28.6 Å². The average Bonchev–Trinajstić information content (AvgIpc) is 3.11. The summed E-state index contributed by atoms with van der Waals surface area (Å²) in [5, 5.41) is 0. The van der Waals surface area contributed by atoms with Crippen molar-refractivity contribution in [1.82, 2.24) is 14.8 Å². The van der Waals surface area contributed by atoms with E-state index in [9.17, 15) is 0 Å². The lowest BCUT2D eigenvalue weighted by atomic mass is 9.99. The largest absolute Gasteiger partial charge is 0.381 e. The Morgan fingerprint density at radius 2 is 2.29 bits per heavy atom. The van der Waals surface area contributed by atoms with Crippen molar-refractivity contribution in [3.05, 3.63) is 30.1 Å². The van der Waals surface area contributed by atoms with Crippen molar-refractivity contribution in [3.8, 4) is 0 Å². The van der Waals surface area contributed by atoms with Crippen molar-refractivity contribution >= 4 is 0 Å². The summed E-state index contributed by atoms with van der Waals surface area (Å²) in [5.74, 6) is 0.724. The molecule has 1 aromatic rings. The van der Waals surface area contributed by atoms with E-state index in [2.05, 4.69) is 34.9 Å². The fourth-order valence-electron chi connectivity index (χ4n) is 3.81. The quantitative estimate of drug-likeness (QED) is 0.824. The Morgan fingerprint density at radius 1 is 1.38 bits per heavy atom. The van der Waals surface area contributed by atoms with E-state index in [0.717, 1.165) is 25.6 Å². The van der Waals surface area contributed by atoms with Gasteiger partial charge < -0.3 is 9.64 Å². The van der Waals surface area contributed by atoms with Crippen LogP contribution in [0.4, 0.5) is 0 Å². The van der Waals surface area contributed by atoms with Crippen LogP contribution < -0.4 is 0 Å². The zero-order chi connectivity index (χ0) is 14.7. The van der Waals surface area contributed by atoms with Gasteiger partial charge in [0.05, 0.1) is 6.61 Å². The highest BCUT2D eigenvalue weighted by Gasteiger charge is 2.36. The van der Waals surface area contributed by atoms with Crippen LogP contribution in [0, 0.1) is 5.92 Å². The molecule has 0 aliphatic carbocycles. The molecule has 0 aromatic carbocycles. The molecule has 2 aliphatic heterocycles. The molecule has 0 saturated carbocycles. The van der Waals surface area contributed by atoms with Crippen LogP contribution in [0.2, 0.25) is 0 Å². The number of ether oxygens (including phenoxy) is 1. The van der Waals surface area contributed by atoms with Gasteiger partial charge >= 0.3 is 0 Å². The Morgan fingerprint density at radius 3 is 2.95 bits per heavy atom. The molecular formula is C17H27N3O. The first-order chi connectivity index (χ1) is 10.2. The van der Waals surface area contributed by atoms with Crippen LogP contribution in [-0.4, -0.2) is 67.3 Å². The van der Waals surface area contributed by atoms with Gasteiger partial charge in [-0.1, -0.05) is 6.07 Å². The molecular weight excluding hydrogens is 262 g/mol. The number of pyridine rings is 1. The molecule has 1 aromatic heterocycles. The molecule has 0 bridgehead atoms. The van der Waals surface area contributed by atoms with Gasteiger partial charge in [-0.05, 0) is 50.9 Å². The first kappa shape index (κ1) is 14.9. The lowest BCUT2D eigenvalue weighted by molar-refractivity contribution is 0.144. The molecule has 0 amide bonds. The second-order valence-electron chi connectivity index (χ2n) is 6.68. The molecule has 116 valence electrons. The van der Waals surface area contributed by atoms with Gasteiger partial charge in [0.1, 0.15) is 0 Å². The Labute approximate surface area is 128 Å². The summed E-state index contributed by atoms with van der Waals surface area (Å²) in [6.45, 7) is 4.30. The first-order valence-corrected chi connectivity index (χ1v) is 8.11. The van der Waals surface area contributed by atoms with Crippen LogP contribution >= 0.6 is 0 Å². The SMILES string of the molecule is CN(C)[C@@H]1CCN(C[C@H]2CCOC2)[C@H]1Cc1cccnc1. The standard InChI is InChI=1S/C17H27N3O/c1-19(2)16-5-8-20(12-15-6-9-21-13-15)17(16)10-14-4-3-7-18-11-14/h3-4,7,11,15-17H,5-6,8-10,12-13H2,1-2H3/t15-,16-,17+/m1/s1. The number of hydrogen-bond donors (Lipinski definition) is 0. The lowest BCUT2D eigenvalue weighted by Gasteiger charge is -2.32. The van der Waals surface area contributed by atoms with Crippen LogP contribution in [0.5, 0.6) is 0 Å². The molecule has 2 aliphatic rings. The van der Waals surface area contributed by atoms with Gasteiger partial charge in [-0.3, -0.25) is 9.88 Å². The van der Waals surface area contributed by atoms with E-state index in [-0.39, 0.29) is 0 Å². The van der Waals surface area contributed by atoms with E-state index in [4.69, 9.17) is 4.74 Å². The van der Waals surface area contributed by atoms with Gasteiger partial charge in [-0.25, -0.2) is 0 Å². The first-order valence-electron chi connectivity index (χ1n) is 8.11. The number of likely N-dealkylation sites (N-methyl/N-ethyl adjacent to an activating group) is 1. The summed E-state index contributed by atoms with van der Waals surface area (Å²) in [4.78, 5) is 9.36. The fourth-order valence-corrected chi connectivity index (χ4v) is 3.81. The Hall–Kier alpha value is -0.970. The Kier molecular flexibility index (Phi) is 4.88. The number of hydrogen-bond acceptors (Lipinski definition) is 4. The smallest absolute Gasteiger partial charge is 0.0507 e. The number of aromatic nitrogens is 1. The van der Waals surface area contributed by atoms with Crippen molar-refractivity contribution < 1.29 is 4.74 Å². The Bertz CT molecular complexity index is 431. The van der Waals surface area contributed by atoms with Crippen molar-refractivity contribution in [2.75, 3.05) is 40.4 Å². The molecule has 3 atom stereocenters. The van der Waals surface area contributed by atoms with Gasteiger partial charge in [0.25, 0.3) is 0 Å². The highest BCUT2D eigenvalue weighted by molar-refractivity contribution is 5.12. The summed E-state index contributed by atoms with van der Waals surface area (Å²) in [6.07, 6.45) is 7.47. The molecule has 2 fully saturated rings. The summed E-state index contributed by atoms with van der Waals surface area (Å²) >= 11 is 0. The molecule has 2 saturated heterocycles. The molecule has 0 spiro atoms. The number of rotatable bonds is 5. The molecule has 3 heterocycles.